The average Bonchev–Trinajstić information content (AvgIpc) is 2.97. The number of benzene rings is 2. The highest BCUT2D eigenvalue weighted by Crippen LogP contribution is 2.25. The molecule has 0 saturated heterocycles. The third-order valence-electron chi connectivity index (χ3n) is 3.20. The summed E-state index contributed by atoms with van der Waals surface area (Å²) in [7, 11) is 0. The van der Waals surface area contributed by atoms with Gasteiger partial charge in [-0.05, 0) is 48.9 Å². The molecule has 6 heteroatoms. The number of carbonyl (C=O) groups is 1. The number of amides is 1. The van der Waals surface area contributed by atoms with Crippen LogP contribution < -0.4 is 10.1 Å². The van der Waals surface area contributed by atoms with Crippen LogP contribution in [0.4, 0.5) is 5.69 Å². The second kappa shape index (κ2) is 6.98. The minimum atomic E-state index is -0.209. The van der Waals surface area contributed by atoms with Crippen molar-refractivity contribution in [1.29, 1.82) is 0 Å². The number of nitrogens with zero attached hydrogens (tertiary/aromatic N) is 1. The van der Waals surface area contributed by atoms with E-state index in [0.29, 0.717) is 10.8 Å². The van der Waals surface area contributed by atoms with Crippen LogP contribution in [-0.2, 0) is 11.2 Å². The number of hydrogen-bond acceptors (Lipinski definition) is 4. The largest absolute Gasteiger partial charge is 0.484 e. The van der Waals surface area contributed by atoms with Crippen LogP contribution in [0.1, 0.15) is 11.9 Å². The Hall–Kier alpha value is -2.11. The summed E-state index contributed by atoms with van der Waals surface area (Å²) in [5.41, 5.74) is 1.70. The van der Waals surface area contributed by atoms with Crippen LogP contribution in [0.5, 0.6) is 5.75 Å². The molecular weight excluding hydrogens is 332 g/mol. The number of rotatable bonds is 5. The van der Waals surface area contributed by atoms with Gasteiger partial charge >= 0.3 is 0 Å². The van der Waals surface area contributed by atoms with Crippen LogP contribution in [0.3, 0.4) is 0 Å². The van der Waals surface area contributed by atoms with Crippen LogP contribution in [0.2, 0.25) is 5.02 Å². The van der Waals surface area contributed by atoms with E-state index < -0.39 is 0 Å². The van der Waals surface area contributed by atoms with Crippen molar-refractivity contribution in [3.05, 3.63) is 52.5 Å². The summed E-state index contributed by atoms with van der Waals surface area (Å²) in [6.07, 6.45) is 0.913. The van der Waals surface area contributed by atoms with Gasteiger partial charge in [0.15, 0.2) is 6.61 Å². The molecule has 3 aromatic rings. The number of aromatic nitrogens is 1. The number of aryl methyl sites for hydroxylation is 1. The quantitative estimate of drug-likeness (QED) is 0.738. The highest BCUT2D eigenvalue weighted by molar-refractivity contribution is 7.18. The van der Waals surface area contributed by atoms with E-state index in [1.54, 1.807) is 35.6 Å². The molecule has 0 unspecified atom stereocenters. The van der Waals surface area contributed by atoms with Crippen molar-refractivity contribution in [3.63, 3.8) is 0 Å². The van der Waals surface area contributed by atoms with Gasteiger partial charge in [-0.25, -0.2) is 4.98 Å². The van der Waals surface area contributed by atoms with Gasteiger partial charge in [0.25, 0.3) is 5.91 Å². The van der Waals surface area contributed by atoms with Gasteiger partial charge in [-0.1, -0.05) is 18.5 Å². The summed E-state index contributed by atoms with van der Waals surface area (Å²) >= 11 is 7.45. The maximum atomic E-state index is 12.0. The van der Waals surface area contributed by atoms with Crippen molar-refractivity contribution in [2.45, 2.75) is 13.3 Å². The molecule has 1 N–H and O–H groups in total. The smallest absolute Gasteiger partial charge is 0.262 e. The normalized spacial score (nSPS) is 10.7. The Labute approximate surface area is 143 Å². The first kappa shape index (κ1) is 15.8. The second-order valence-corrected chi connectivity index (χ2v) is 6.49. The molecule has 3 rings (SSSR count). The topological polar surface area (TPSA) is 51.2 Å². The molecule has 0 aliphatic carbocycles. The van der Waals surface area contributed by atoms with Gasteiger partial charge in [0.05, 0.1) is 15.2 Å². The van der Waals surface area contributed by atoms with E-state index in [0.717, 1.165) is 27.3 Å². The Kier molecular flexibility index (Phi) is 4.79. The lowest BCUT2D eigenvalue weighted by molar-refractivity contribution is -0.118. The SMILES string of the molecule is CCc1nc2ccc(NC(=O)COc3ccc(Cl)cc3)cc2s1. The van der Waals surface area contributed by atoms with E-state index in [1.807, 2.05) is 18.2 Å². The van der Waals surface area contributed by atoms with Crippen molar-refractivity contribution < 1.29 is 9.53 Å². The first-order chi connectivity index (χ1) is 11.1. The summed E-state index contributed by atoms with van der Waals surface area (Å²) in [5, 5.41) is 4.55. The summed E-state index contributed by atoms with van der Waals surface area (Å²) in [6.45, 7) is 2.02. The lowest BCUT2D eigenvalue weighted by atomic mass is 10.3. The third-order valence-corrected chi connectivity index (χ3v) is 4.62. The molecule has 1 aromatic heterocycles. The van der Waals surface area contributed by atoms with Crippen LogP contribution in [0, 0.1) is 0 Å². The molecule has 0 aliphatic heterocycles. The van der Waals surface area contributed by atoms with Gasteiger partial charge in [0, 0.05) is 10.7 Å². The van der Waals surface area contributed by atoms with Crippen molar-refractivity contribution in [2.24, 2.45) is 0 Å². The standard InChI is InChI=1S/C17H15ClN2O2S/c1-2-17-20-14-8-5-12(9-15(14)23-17)19-16(21)10-22-13-6-3-11(18)4-7-13/h3-9H,2,10H2,1H3,(H,19,21). The van der Waals surface area contributed by atoms with E-state index in [2.05, 4.69) is 17.2 Å². The van der Waals surface area contributed by atoms with Crippen LogP contribution in [0.25, 0.3) is 10.2 Å². The monoisotopic (exact) mass is 346 g/mol. The highest BCUT2D eigenvalue weighted by Gasteiger charge is 2.07. The number of thiazole rings is 1. The van der Waals surface area contributed by atoms with E-state index >= 15 is 0 Å². The zero-order valence-corrected chi connectivity index (χ0v) is 14.1. The van der Waals surface area contributed by atoms with Gasteiger partial charge in [-0.2, -0.15) is 0 Å². The molecule has 0 fully saturated rings. The number of halogens is 1. The maximum Gasteiger partial charge on any atom is 0.262 e. The van der Waals surface area contributed by atoms with Gasteiger partial charge in [0.2, 0.25) is 0 Å². The molecule has 0 radical (unpaired) electrons. The van der Waals surface area contributed by atoms with E-state index in [1.165, 1.54) is 0 Å². The molecule has 2 aromatic carbocycles. The van der Waals surface area contributed by atoms with Crippen molar-refractivity contribution in [3.8, 4) is 5.75 Å². The fraction of sp³-hybridized carbons (Fsp3) is 0.176. The number of carbonyl (C=O) groups excluding carboxylic acids is 1. The van der Waals surface area contributed by atoms with Gasteiger partial charge < -0.3 is 10.1 Å². The van der Waals surface area contributed by atoms with Crippen LogP contribution in [0.15, 0.2) is 42.5 Å². The Balaban J connectivity index is 1.61. The average molecular weight is 347 g/mol. The second-order valence-electron chi connectivity index (χ2n) is 4.93. The van der Waals surface area contributed by atoms with E-state index in [4.69, 9.17) is 16.3 Å². The minimum absolute atomic E-state index is 0.0530. The van der Waals surface area contributed by atoms with Crippen LogP contribution in [-0.4, -0.2) is 17.5 Å². The molecule has 0 atom stereocenters. The first-order valence-corrected chi connectivity index (χ1v) is 8.41. The third kappa shape index (κ3) is 4.00. The molecule has 0 bridgehead atoms. The lowest BCUT2D eigenvalue weighted by Crippen LogP contribution is -2.20. The lowest BCUT2D eigenvalue weighted by Gasteiger charge is -2.07. The number of fused-ring (bicyclic) bond motifs is 1. The minimum Gasteiger partial charge on any atom is -0.484 e. The van der Waals surface area contributed by atoms with E-state index in [-0.39, 0.29) is 12.5 Å². The molecule has 23 heavy (non-hydrogen) atoms. The Morgan fingerprint density at radius 2 is 2.04 bits per heavy atom. The molecule has 0 spiro atoms. The van der Waals surface area contributed by atoms with Crippen molar-refractivity contribution in [1.82, 2.24) is 4.98 Å². The fourth-order valence-electron chi connectivity index (χ4n) is 2.08. The van der Waals surface area contributed by atoms with Crippen molar-refractivity contribution in [2.75, 3.05) is 11.9 Å². The predicted molar refractivity (Wildman–Crippen MR) is 94.6 cm³/mol. The zero-order valence-electron chi connectivity index (χ0n) is 12.5. The summed E-state index contributed by atoms with van der Waals surface area (Å²) in [5.74, 6) is 0.398. The number of hydrogen-bond donors (Lipinski definition) is 1. The number of anilines is 1. The van der Waals surface area contributed by atoms with Crippen molar-refractivity contribution >= 4 is 44.7 Å². The van der Waals surface area contributed by atoms with Gasteiger partial charge in [-0.15, -0.1) is 11.3 Å². The Bertz CT molecular complexity index is 830. The van der Waals surface area contributed by atoms with Crippen LogP contribution >= 0.6 is 22.9 Å². The molecular formula is C17H15ClN2O2S. The summed E-state index contributed by atoms with van der Waals surface area (Å²) in [6, 6.07) is 12.6. The number of nitrogens with one attached hydrogen (secondary N) is 1. The summed E-state index contributed by atoms with van der Waals surface area (Å²) < 4.78 is 6.49. The maximum absolute atomic E-state index is 12.0. The Morgan fingerprint density at radius 3 is 2.78 bits per heavy atom. The first-order valence-electron chi connectivity index (χ1n) is 7.21. The Morgan fingerprint density at radius 1 is 1.26 bits per heavy atom. The molecule has 1 amide bonds. The molecule has 118 valence electrons. The van der Waals surface area contributed by atoms with Gasteiger partial charge in [0.1, 0.15) is 5.75 Å². The van der Waals surface area contributed by atoms with E-state index in [9.17, 15) is 4.79 Å². The predicted octanol–water partition coefficient (Wildman–Crippen LogP) is 4.53. The fourth-order valence-corrected chi connectivity index (χ4v) is 3.15. The summed E-state index contributed by atoms with van der Waals surface area (Å²) in [4.78, 5) is 16.5. The molecule has 4 nitrogen and oxygen atoms in total. The molecule has 1 heterocycles. The number of ether oxygens (including phenoxy) is 1. The van der Waals surface area contributed by atoms with Gasteiger partial charge in [-0.3, -0.25) is 4.79 Å². The highest BCUT2D eigenvalue weighted by atomic mass is 35.5. The zero-order chi connectivity index (χ0) is 16.2. The molecule has 0 saturated carbocycles. The molecule has 0 aliphatic rings.